The molecule has 1 atom stereocenters. The van der Waals surface area contributed by atoms with Gasteiger partial charge in [0.1, 0.15) is 12.3 Å². The lowest BCUT2D eigenvalue weighted by atomic mass is 10.2. The Labute approximate surface area is 204 Å². The van der Waals surface area contributed by atoms with Gasteiger partial charge < -0.3 is 24.3 Å². The molecule has 1 fully saturated rings. The first kappa shape index (κ1) is 24.0. The molecule has 0 spiro atoms. The van der Waals surface area contributed by atoms with Crippen LogP contribution in [0.25, 0.3) is 0 Å². The van der Waals surface area contributed by atoms with Crippen molar-refractivity contribution in [3.8, 4) is 6.07 Å². The molecule has 8 nitrogen and oxygen atoms in total. The highest BCUT2D eigenvalue weighted by Gasteiger charge is 2.27. The molecule has 0 bridgehead atoms. The molecule has 1 saturated heterocycles. The molecule has 1 aliphatic rings. The summed E-state index contributed by atoms with van der Waals surface area (Å²) in [4.78, 5) is 29.9. The van der Waals surface area contributed by atoms with Crippen molar-refractivity contribution in [2.45, 2.75) is 32.0 Å². The highest BCUT2D eigenvalue weighted by molar-refractivity contribution is 5.92. The van der Waals surface area contributed by atoms with E-state index < -0.39 is 6.03 Å². The minimum absolute atomic E-state index is 0.114. The second-order valence-electron chi connectivity index (χ2n) is 8.45. The Morgan fingerprint density at radius 3 is 2.60 bits per heavy atom. The standard InChI is InChI=1S/C27H28N4O4/c28-16-22-9-4-10-23(15-22)29-27(33)31(19-25-12-6-14-35-25)20-26(32)30(18-24-11-5-13-34-24)17-21-7-2-1-3-8-21/h1-5,7-11,13,15,25H,6,12,14,17-20H2,(H,29,33). The van der Waals surface area contributed by atoms with Crippen LogP contribution in [-0.2, 0) is 22.6 Å². The quantitative estimate of drug-likeness (QED) is 0.498. The maximum absolute atomic E-state index is 13.5. The van der Waals surface area contributed by atoms with Crippen molar-refractivity contribution in [1.29, 1.82) is 5.26 Å². The van der Waals surface area contributed by atoms with Gasteiger partial charge in [-0.05, 0) is 48.7 Å². The van der Waals surface area contributed by atoms with Crippen molar-refractivity contribution in [3.63, 3.8) is 0 Å². The fourth-order valence-corrected chi connectivity index (χ4v) is 4.01. The maximum Gasteiger partial charge on any atom is 0.322 e. The zero-order valence-corrected chi connectivity index (χ0v) is 19.4. The molecule has 180 valence electrons. The number of hydrogen-bond acceptors (Lipinski definition) is 5. The predicted molar refractivity (Wildman–Crippen MR) is 130 cm³/mol. The predicted octanol–water partition coefficient (Wildman–Crippen LogP) is 4.39. The van der Waals surface area contributed by atoms with Crippen LogP contribution in [0.15, 0.2) is 77.4 Å². The van der Waals surface area contributed by atoms with E-state index in [2.05, 4.69) is 11.4 Å². The Balaban J connectivity index is 1.50. The van der Waals surface area contributed by atoms with Gasteiger partial charge in [-0.15, -0.1) is 0 Å². The van der Waals surface area contributed by atoms with Crippen molar-refractivity contribution >= 4 is 17.6 Å². The van der Waals surface area contributed by atoms with Crippen molar-refractivity contribution in [1.82, 2.24) is 9.80 Å². The molecule has 0 radical (unpaired) electrons. The largest absolute Gasteiger partial charge is 0.467 e. The minimum Gasteiger partial charge on any atom is -0.467 e. The van der Waals surface area contributed by atoms with E-state index in [9.17, 15) is 9.59 Å². The average Bonchev–Trinajstić information content (AvgIpc) is 3.58. The number of benzene rings is 2. The Kier molecular flexibility index (Phi) is 8.15. The third-order valence-corrected chi connectivity index (χ3v) is 5.80. The van der Waals surface area contributed by atoms with E-state index in [0.717, 1.165) is 18.4 Å². The van der Waals surface area contributed by atoms with Gasteiger partial charge in [0, 0.05) is 25.4 Å². The number of furan rings is 1. The summed E-state index contributed by atoms with van der Waals surface area (Å²) >= 11 is 0. The summed E-state index contributed by atoms with van der Waals surface area (Å²) in [5.41, 5.74) is 1.92. The number of urea groups is 1. The number of hydrogen-bond donors (Lipinski definition) is 1. The molecule has 4 rings (SSSR count). The van der Waals surface area contributed by atoms with E-state index in [0.29, 0.717) is 43.3 Å². The van der Waals surface area contributed by atoms with Gasteiger partial charge in [-0.3, -0.25) is 4.79 Å². The molecule has 2 heterocycles. The van der Waals surface area contributed by atoms with Crippen LogP contribution in [0.4, 0.5) is 10.5 Å². The van der Waals surface area contributed by atoms with Gasteiger partial charge in [-0.2, -0.15) is 5.26 Å². The second-order valence-corrected chi connectivity index (χ2v) is 8.45. The third-order valence-electron chi connectivity index (χ3n) is 5.80. The summed E-state index contributed by atoms with van der Waals surface area (Å²) in [6, 6.07) is 21.6. The summed E-state index contributed by atoms with van der Waals surface area (Å²) < 4.78 is 11.2. The fourth-order valence-electron chi connectivity index (χ4n) is 4.01. The number of amides is 3. The lowest BCUT2D eigenvalue weighted by molar-refractivity contribution is -0.133. The van der Waals surface area contributed by atoms with Crippen molar-refractivity contribution < 1.29 is 18.7 Å². The summed E-state index contributed by atoms with van der Waals surface area (Å²) in [6.45, 7) is 1.52. The zero-order valence-electron chi connectivity index (χ0n) is 19.4. The SMILES string of the molecule is N#Cc1cccc(NC(=O)N(CC(=O)N(Cc2ccccc2)Cc2ccco2)CC2CCCO2)c1. The number of rotatable bonds is 9. The number of ether oxygens (including phenoxy) is 1. The number of nitrogens with zero attached hydrogens (tertiary/aromatic N) is 3. The van der Waals surface area contributed by atoms with Crippen molar-refractivity contribution in [3.05, 3.63) is 89.9 Å². The van der Waals surface area contributed by atoms with Gasteiger partial charge in [0.05, 0.1) is 30.5 Å². The molecule has 1 aliphatic heterocycles. The molecule has 0 saturated carbocycles. The minimum atomic E-state index is -0.415. The van der Waals surface area contributed by atoms with Gasteiger partial charge in [0.15, 0.2) is 0 Å². The van der Waals surface area contributed by atoms with E-state index in [1.165, 1.54) is 4.90 Å². The molecule has 0 aliphatic carbocycles. The van der Waals surface area contributed by atoms with Crippen LogP contribution >= 0.6 is 0 Å². The first-order valence-corrected chi connectivity index (χ1v) is 11.6. The van der Waals surface area contributed by atoms with Gasteiger partial charge in [0.25, 0.3) is 0 Å². The van der Waals surface area contributed by atoms with Gasteiger partial charge in [-0.25, -0.2) is 4.79 Å². The normalized spacial score (nSPS) is 14.8. The molecule has 3 aromatic rings. The molecule has 8 heteroatoms. The van der Waals surface area contributed by atoms with Crippen LogP contribution in [0.2, 0.25) is 0 Å². The van der Waals surface area contributed by atoms with E-state index >= 15 is 0 Å². The number of nitrogens with one attached hydrogen (secondary N) is 1. The highest BCUT2D eigenvalue weighted by atomic mass is 16.5. The number of nitriles is 1. The number of carbonyl (C=O) groups is 2. The Morgan fingerprint density at radius 2 is 1.89 bits per heavy atom. The van der Waals surface area contributed by atoms with Gasteiger partial charge in [0.2, 0.25) is 5.91 Å². The third kappa shape index (κ3) is 6.95. The molecule has 1 N–H and O–H groups in total. The lowest BCUT2D eigenvalue weighted by Crippen LogP contribution is -2.46. The van der Waals surface area contributed by atoms with E-state index in [1.54, 1.807) is 41.5 Å². The lowest BCUT2D eigenvalue weighted by Gasteiger charge is -2.29. The molecule has 1 unspecified atom stereocenters. The topological polar surface area (TPSA) is 98.8 Å². The molecular weight excluding hydrogens is 444 g/mol. The number of carbonyl (C=O) groups excluding carboxylic acids is 2. The second kappa shape index (κ2) is 11.9. The van der Waals surface area contributed by atoms with Crippen LogP contribution in [0, 0.1) is 11.3 Å². The van der Waals surface area contributed by atoms with Crippen LogP contribution < -0.4 is 5.32 Å². The monoisotopic (exact) mass is 472 g/mol. The first-order valence-electron chi connectivity index (χ1n) is 11.6. The van der Waals surface area contributed by atoms with Gasteiger partial charge in [-0.1, -0.05) is 36.4 Å². The Hall–Kier alpha value is -4.09. The maximum atomic E-state index is 13.5. The molecule has 2 aromatic carbocycles. The van der Waals surface area contributed by atoms with Crippen LogP contribution in [0.5, 0.6) is 0 Å². The molecule has 35 heavy (non-hydrogen) atoms. The first-order chi connectivity index (χ1) is 17.1. The smallest absolute Gasteiger partial charge is 0.322 e. The van der Waals surface area contributed by atoms with Crippen molar-refractivity contribution in [2.75, 3.05) is 25.0 Å². The summed E-state index contributed by atoms with van der Waals surface area (Å²) in [7, 11) is 0. The number of anilines is 1. The Morgan fingerprint density at radius 1 is 1.03 bits per heavy atom. The van der Waals surface area contributed by atoms with Crippen molar-refractivity contribution in [2.24, 2.45) is 0 Å². The van der Waals surface area contributed by atoms with Crippen LogP contribution in [0.3, 0.4) is 0 Å². The molecular formula is C27H28N4O4. The summed E-state index contributed by atoms with van der Waals surface area (Å²) in [6.07, 6.45) is 3.22. The van der Waals surface area contributed by atoms with Gasteiger partial charge >= 0.3 is 6.03 Å². The van der Waals surface area contributed by atoms with Crippen LogP contribution in [-0.4, -0.2) is 47.5 Å². The van der Waals surface area contributed by atoms with E-state index in [-0.39, 0.29) is 18.6 Å². The summed E-state index contributed by atoms with van der Waals surface area (Å²) in [5.74, 6) is 0.460. The highest BCUT2D eigenvalue weighted by Crippen LogP contribution is 2.17. The van der Waals surface area contributed by atoms with E-state index in [1.807, 2.05) is 36.4 Å². The molecule has 1 aromatic heterocycles. The Bertz CT molecular complexity index is 1150. The van der Waals surface area contributed by atoms with Crippen LogP contribution in [0.1, 0.15) is 29.7 Å². The zero-order chi connectivity index (χ0) is 24.5. The average molecular weight is 473 g/mol. The molecule has 3 amide bonds. The van der Waals surface area contributed by atoms with E-state index in [4.69, 9.17) is 14.4 Å². The summed E-state index contributed by atoms with van der Waals surface area (Å²) in [5, 5.41) is 12.0. The fraction of sp³-hybridized carbons (Fsp3) is 0.296.